The van der Waals surface area contributed by atoms with Gasteiger partial charge in [0.25, 0.3) is 5.56 Å². The van der Waals surface area contributed by atoms with E-state index in [1.54, 1.807) is 12.1 Å². The van der Waals surface area contributed by atoms with Gasteiger partial charge in [0.15, 0.2) is 0 Å². The van der Waals surface area contributed by atoms with Gasteiger partial charge in [-0.1, -0.05) is 44.2 Å². The maximum Gasteiger partial charge on any atom is 0.272 e. The number of aryl methyl sites for hydroxylation is 1. The van der Waals surface area contributed by atoms with Crippen molar-refractivity contribution in [2.75, 3.05) is 0 Å². The second-order valence-corrected chi connectivity index (χ2v) is 7.99. The number of H-pyrrole nitrogens is 1. The molecular weight excluding hydrogens is 378 g/mol. The van der Waals surface area contributed by atoms with Crippen LogP contribution in [0.5, 0.6) is 0 Å². The SMILES string of the molecule is CC(C)C[C@@H](NC(=O)Cc1n[nH]c(=O)c2ccccc12)c1nc2ccccc2n1C. The maximum absolute atomic E-state index is 13.0. The van der Waals surface area contributed by atoms with E-state index in [1.165, 1.54) is 0 Å². The van der Waals surface area contributed by atoms with Crippen LogP contribution in [0, 0.1) is 5.92 Å². The molecule has 0 saturated heterocycles. The van der Waals surface area contributed by atoms with Gasteiger partial charge >= 0.3 is 0 Å². The fourth-order valence-corrected chi connectivity index (χ4v) is 3.88. The van der Waals surface area contributed by atoms with Crippen LogP contribution in [0.15, 0.2) is 53.3 Å². The molecule has 30 heavy (non-hydrogen) atoms. The van der Waals surface area contributed by atoms with Crippen molar-refractivity contribution in [2.24, 2.45) is 13.0 Å². The molecule has 0 saturated carbocycles. The Kier molecular flexibility index (Phi) is 5.35. The number of carbonyl (C=O) groups is 1. The monoisotopic (exact) mass is 403 g/mol. The van der Waals surface area contributed by atoms with E-state index in [2.05, 4.69) is 29.4 Å². The van der Waals surface area contributed by atoms with Crippen molar-refractivity contribution in [1.29, 1.82) is 0 Å². The average molecular weight is 403 g/mol. The van der Waals surface area contributed by atoms with Crippen LogP contribution < -0.4 is 10.9 Å². The molecule has 0 aliphatic rings. The van der Waals surface area contributed by atoms with Crippen LogP contribution in [0.3, 0.4) is 0 Å². The van der Waals surface area contributed by atoms with Crippen molar-refractivity contribution in [1.82, 2.24) is 25.1 Å². The van der Waals surface area contributed by atoms with Gasteiger partial charge in [0.1, 0.15) is 5.82 Å². The van der Waals surface area contributed by atoms with Crippen LogP contribution in [0.4, 0.5) is 0 Å². The summed E-state index contributed by atoms with van der Waals surface area (Å²) in [5, 5.41) is 11.0. The van der Waals surface area contributed by atoms with Gasteiger partial charge < -0.3 is 9.88 Å². The van der Waals surface area contributed by atoms with E-state index in [4.69, 9.17) is 4.98 Å². The lowest BCUT2D eigenvalue weighted by Crippen LogP contribution is -2.33. The second kappa shape index (κ2) is 8.10. The molecule has 1 amide bonds. The van der Waals surface area contributed by atoms with Gasteiger partial charge in [-0.3, -0.25) is 9.59 Å². The quantitative estimate of drug-likeness (QED) is 0.517. The van der Waals surface area contributed by atoms with Crippen molar-refractivity contribution in [3.63, 3.8) is 0 Å². The summed E-state index contributed by atoms with van der Waals surface area (Å²) in [6.07, 6.45) is 0.846. The summed E-state index contributed by atoms with van der Waals surface area (Å²) in [7, 11) is 1.97. The van der Waals surface area contributed by atoms with E-state index in [0.29, 0.717) is 22.4 Å². The zero-order valence-electron chi connectivity index (χ0n) is 17.3. The zero-order chi connectivity index (χ0) is 21.3. The molecule has 0 radical (unpaired) electrons. The van der Waals surface area contributed by atoms with Crippen molar-refractivity contribution in [3.05, 3.63) is 70.4 Å². The molecule has 0 unspecified atom stereocenters. The van der Waals surface area contributed by atoms with Crippen molar-refractivity contribution in [3.8, 4) is 0 Å². The number of para-hydroxylation sites is 2. The third-order valence-electron chi connectivity index (χ3n) is 5.28. The number of rotatable bonds is 6. The number of amides is 1. The molecule has 2 aromatic heterocycles. The van der Waals surface area contributed by atoms with E-state index in [0.717, 1.165) is 23.3 Å². The molecule has 2 heterocycles. The molecule has 0 bridgehead atoms. The highest BCUT2D eigenvalue weighted by atomic mass is 16.1. The average Bonchev–Trinajstić information content (AvgIpc) is 3.06. The minimum atomic E-state index is -0.257. The maximum atomic E-state index is 13.0. The van der Waals surface area contributed by atoms with Gasteiger partial charge in [0, 0.05) is 12.4 Å². The summed E-state index contributed by atoms with van der Waals surface area (Å²) in [6.45, 7) is 4.25. The molecule has 4 aromatic rings. The molecule has 0 aliphatic carbocycles. The van der Waals surface area contributed by atoms with Crippen LogP contribution in [0.2, 0.25) is 0 Å². The van der Waals surface area contributed by atoms with Crippen molar-refractivity contribution >= 4 is 27.7 Å². The number of nitrogens with one attached hydrogen (secondary N) is 2. The van der Waals surface area contributed by atoms with Crippen LogP contribution in [-0.4, -0.2) is 25.7 Å². The Morgan fingerprint density at radius 1 is 1.10 bits per heavy atom. The molecule has 4 rings (SSSR count). The van der Waals surface area contributed by atoms with Crippen molar-refractivity contribution < 1.29 is 4.79 Å². The lowest BCUT2D eigenvalue weighted by atomic mass is 10.0. The predicted octanol–water partition coefficient (Wildman–Crippen LogP) is 3.26. The standard InChI is InChI=1S/C23H25N5O2/c1-14(2)12-19(22-25-17-10-6-7-11-20(17)28(22)3)24-21(29)13-18-15-8-4-5-9-16(15)23(30)27-26-18/h4-11,14,19H,12-13H2,1-3H3,(H,24,29)(H,27,30)/t19-/m1/s1. The van der Waals surface area contributed by atoms with Gasteiger partial charge in [-0.2, -0.15) is 5.10 Å². The Hall–Kier alpha value is -3.48. The van der Waals surface area contributed by atoms with Gasteiger partial charge in [-0.25, -0.2) is 10.1 Å². The number of fused-ring (bicyclic) bond motifs is 2. The third-order valence-corrected chi connectivity index (χ3v) is 5.28. The number of aromatic amines is 1. The van der Waals surface area contributed by atoms with Gasteiger partial charge in [0.05, 0.1) is 34.6 Å². The van der Waals surface area contributed by atoms with E-state index in [9.17, 15) is 9.59 Å². The first kappa shape index (κ1) is 19.8. The molecule has 7 nitrogen and oxygen atoms in total. The molecule has 0 fully saturated rings. The number of hydrogen-bond donors (Lipinski definition) is 2. The summed E-state index contributed by atoms with van der Waals surface area (Å²) in [5.74, 6) is 1.05. The molecular formula is C23H25N5O2. The minimum absolute atomic E-state index is 0.0792. The van der Waals surface area contributed by atoms with Gasteiger partial charge in [-0.15, -0.1) is 0 Å². The summed E-state index contributed by atoms with van der Waals surface area (Å²) in [6, 6.07) is 14.9. The Labute approximate surface area is 174 Å². The van der Waals surface area contributed by atoms with Crippen LogP contribution >= 0.6 is 0 Å². The summed E-state index contributed by atoms with van der Waals surface area (Å²) < 4.78 is 2.04. The number of nitrogens with zero attached hydrogens (tertiary/aromatic N) is 3. The Morgan fingerprint density at radius 2 is 1.80 bits per heavy atom. The largest absolute Gasteiger partial charge is 0.346 e. The molecule has 1 atom stereocenters. The first-order chi connectivity index (χ1) is 14.4. The van der Waals surface area contributed by atoms with E-state index >= 15 is 0 Å². The van der Waals surface area contributed by atoms with Gasteiger partial charge in [0.2, 0.25) is 5.91 Å². The first-order valence-electron chi connectivity index (χ1n) is 10.1. The number of carbonyl (C=O) groups excluding carboxylic acids is 1. The number of aromatic nitrogens is 4. The summed E-state index contributed by atoms with van der Waals surface area (Å²) >= 11 is 0. The highest BCUT2D eigenvalue weighted by Gasteiger charge is 2.22. The highest BCUT2D eigenvalue weighted by molar-refractivity contribution is 5.88. The van der Waals surface area contributed by atoms with Crippen LogP contribution in [0.25, 0.3) is 21.8 Å². The topological polar surface area (TPSA) is 92.7 Å². The van der Waals surface area contributed by atoms with E-state index < -0.39 is 0 Å². The highest BCUT2D eigenvalue weighted by Crippen LogP contribution is 2.24. The summed E-state index contributed by atoms with van der Waals surface area (Å²) in [5.41, 5.74) is 2.23. The number of benzene rings is 2. The third kappa shape index (κ3) is 3.83. The van der Waals surface area contributed by atoms with Crippen molar-refractivity contribution in [2.45, 2.75) is 32.7 Å². The Morgan fingerprint density at radius 3 is 2.53 bits per heavy atom. The molecule has 7 heteroatoms. The smallest absolute Gasteiger partial charge is 0.272 e. The first-order valence-corrected chi connectivity index (χ1v) is 10.1. The predicted molar refractivity (Wildman–Crippen MR) is 117 cm³/mol. The molecule has 0 aliphatic heterocycles. The summed E-state index contributed by atoms with van der Waals surface area (Å²) in [4.78, 5) is 29.7. The number of imidazole rings is 1. The van der Waals surface area contributed by atoms with E-state index in [1.807, 2.05) is 48.0 Å². The normalized spacial score (nSPS) is 12.5. The zero-order valence-corrected chi connectivity index (χ0v) is 17.3. The second-order valence-electron chi connectivity index (χ2n) is 7.99. The molecule has 0 spiro atoms. The van der Waals surface area contributed by atoms with E-state index in [-0.39, 0.29) is 23.9 Å². The van der Waals surface area contributed by atoms with Crippen LogP contribution in [-0.2, 0) is 18.3 Å². The molecule has 154 valence electrons. The molecule has 2 aromatic carbocycles. The Bertz CT molecular complexity index is 1270. The lowest BCUT2D eigenvalue weighted by molar-refractivity contribution is -0.121. The number of hydrogen-bond acceptors (Lipinski definition) is 4. The van der Waals surface area contributed by atoms with Gasteiger partial charge in [-0.05, 0) is 30.5 Å². The fourth-order valence-electron chi connectivity index (χ4n) is 3.88. The Balaban J connectivity index is 1.62. The molecule has 2 N–H and O–H groups in total. The lowest BCUT2D eigenvalue weighted by Gasteiger charge is -2.20. The minimum Gasteiger partial charge on any atom is -0.346 e. The fraction of sp³-hybridized carbons (Fsp3) is 0.304. The van der Waals surface area contributed by atoms with Crippen LogP contribution in [0.1, 0.15) is 37.8 Å².